The highest BCUT2D eigenvalue weighted by atomic mass is 19.4. The molecule has 6 nitrogen and oxygen atoms in total. The van der Waals surface area contributed by atoms with Gasteiger partial charge in [0.05, 0.1) is 25.5 Å². The molecular formula is C22H19F3N2O4. The molecule has 0 amide bonds. The fraction of sp³-hybridized carbons (Fsp3) is 0.273. The number of alkyl halides is 3. The first kappa shape index (κ1) is 20.8. The van der Waals surface area contributed by atoms with Gasteiger partial charge < -0.3 is 14.2 Å². The number of fused-ring (bicyclic) bond motifs is 1. The molecule has 0 aliphatic carbocycles. The maximum atomic E-state index is 12.4. The molecule has 31 heavy (non-hydrogen) atoms. The molecule has 0 bridgehead atoms. The van der Waals surface area contributed by atoms with Crippen LogP contribution in [0.4, 0.5) is 13.2 Å². The van der Waals surface area contributed by atoms with E-state index < -0.39 is 12.8 Å². The van der Waals surface area contributed by atoms with E-state index in [4.69, 9.17) is 14.2 Å². The number of halogens is 3. The first-order valence-corrected chi connectivity index (χ1v) is 9.64. The Balaban J connectivity index is 1.57. The van der Waals surface area contributed by atoms with Crippen molar-refractivity contribution in [2.75, 3.05) is 19.8 Å². The first-order chi connectivity index (χ1) is 14.9. The van der Waals surface area contributed by atoms with Crippen LogP contribution in [-0.2, 0) is 6.54 Å². The maximum absolute atomic E-state index is 12.4. The smallest absolute Gasteiger partial charge is 0.422 e. The van der Waals surface area contributed by atoms with E-state index in [0.717, 1.165) is 12.0 Å². The van der Waals surface area contributed by atoms with Crippen molar-refractivity contribution in [1.82, 2.24) is 9.78 Å². The van der Waals surface area contributed by atoms with Gasteiger partial charge in [-0.3, -0.25) is 4.79 Å². The summed E-state index contributed by atoms with van der Waals surface area (Å²) in [4.78, 5) is 12.3. The lowest BCUT2D eigenvalue weighted by Crippen LogP contribution is -2.23. The molecule has 1 aliphatic rings. The lowest BCUT2D eigenvalue weighted by Gasteiger charge is -2.12. The topological polar surface area (TPSA) is 62.6 Å². The van der Waals surface area contributed by atoms with Crippen molar-refractivity contribution in [3.8, 4) is 28.5 Å². The molecule has 1 aromatic heterocycles. The molecule has 0 N–H and O–H groups in total. The number of nitrogens with zero attached hydrogens (tertiary/aromatic N) is 2. The van der Waals surface area contributed by atoms with E-state index in [2.05, 4.69) is 5.10 Å². The van der Waals surface area contributed by atoms with Crippen molar-refractivity contribution in [1.29, 1.82) is 0 Å². The average Bonchev–Trinajstić information content (AvgIpc) is 2.98. The predicted octanol–water partition coefficient (Wildman–Crippen LogP) is 4.06. The van der Waals surface area contributed by atoms with Gasteiger partial charge in [-0.25, -0.2) is 4.68 Å². The first-order valence-electron chi connectivity index (χ1n) is 9.64. The van der Waals surface area contributed by atoms with Crippen LogP contribution in [0.2, 0.25) is 0 Å². The molecule has 0 unspecified atom stereocenters. The fourth-order valence-corrected chi connectivity index (χ4v) is 3.11. The molecule has 2 heterocycles. The van der Waals surface area contributed by atoms with Gasteiger partial charge in [0.2, 0.25) is 0 Å². The fourth-order valence-electron chi connectivity index (χ4n) is 3.11. The van der Waals surface area contributed by atoms with Crippen LogP contribution < -0.4 is 19.8 Å². The SMILES string of the molecule is O=c1ccc(-c2ccc3c(c2)OCCCO3)nn1Cc1cccc(OCC(F)(F)F)c1. The summed E-state index contributed by atoms with van der Waals surface area (Å²) in [6, 6.07) is 14.6. The minimum atomic E-state index is -4.43. The summed E-state index contributed by atoms with van der Waals surface area (Å²) in [6.45, 7) is -0.161. The van der Waals surface area contributed by atoms with E-state index in [0.29, 0.717) is 36.0 Å². The summed E-state index contributed by atoms with van der Waals surface area (Å²) in [6.07, 6.45) is -3.63. The Morgan fingerprint density at radius 2 is 1.81 bits per heavy atom. The van der Waals surface area contributed by atoms with Gasteiger partial charge in [0.25, 0.3) is 5.56 Å². The Labute approximate surface area is 175 Å². The van der Waals surface area contributed by atoms with Gasteiger partial charge in [0, 0.05) is 18.1 Å². The minimum Gasteiger partial charge on any atom is -0.490 e. The van der Waals surface area contributed by atoms with Crippen LogP contribution in [0.1, 0.15) is 12.0 Å². The standard InChI is InChI=1S/C22H19F3N2O4/c23-22(24,25)14-31-17-4-1-3-15(11-17)13-27-21(28)8-6-18(26-27)16-5-7-19-20(12-16)30-10-2-9-29-19/h1,3-8,11-12H,2,9-10,13-14H2. The van der Waals surface area contributed by atoms with E-state index >= 15 is 0 Å². The lowest BCUT2D eigenvalue weighted by molar-refractivity contribution is -0.153. The zero-order valence-corrected chi connectivity index (χ0v) is 16.4. The minimum absolute atomic E-state index is 0.0712. The van der Waals surface area contributed by atoms with Crippen LogP contribution in [0.15, 0.2) is 59.4 Å². The predicted molar refractivity (Wildman–Crippen MR) is 107 cm³/mol. The van der Waals surface area contributed by atoms with Crippen LogP contribution in [-0.4, -0.2) is 35.8 Å². The van der Waals surface area contributed by atoms with Crippen molar-refractivity contribution in [3.05, 3.63) is 70.5 Å². The van der Waals surface area contributed by atoms with Crippen LogP contribution in [0.3, 0.4) is 0 Å². The van der Waals surface area contributed by atoms with Crippen molar-refractivity contribution >= 4 is 0 Å². The largest absolute Gasteiger partial charge is 0.490 e. The summed E-state index contributed by atoms with van der Waals surface area (Å²) in [7, 11) is 0. The van der Waals surface area contributed by atoms with E-state index in [1.165, 1.54) is 22.9 Å². The third-order valence-corrected chi connectivity index (χ3v) is 4.54. The number of hydrogen-bond donors (Lipinski definition) is 0. The quantitative estimate of drug-likeness (QED) is 0.609. The van der Waals surface area contributed by atoms with Gasteiger partial charge in [0.1, 0.15) is 5.75 Å². The molecule has 0 saturated carbocycles. The van der Waals surface area contributed by atoms with Crippen molar-refractivity contribution in [3.63, 3.8) is 0 Å². The van der Waals surface area contributed by atoms with E-state index in [-0.39, 0.29) is 17.9 Å². The molecule has 0 radical (unpaired) electrons. The molecule has 2 aromatic carbocycles. The Bertz CT molecular complexity index is 1130. The Morgan fingerprint density at radius 1 is 1.00 bits per heavy atom. The van der Waals surface area contributed by atoms with Crippen LogP contribution in [0.5, 0.6) is 17.2 Å². The molecule has 162 valence electrons. The molecule has 0 fully saturated rings. The summed E-state index contributed by atoms with van der Waals surface area (Å²) in [5.74, 6) is 1.34. The molecule has 0 spiro atoms. The monoisotopic (exact) mass is 432 g/mol. The average molecular weight is 432 g/mol. The molecular weight excluding hydrogens is 413 g/mol. The highest BCUT2D eigenvalue weighted by molar-refractivity contribution is 5.63. The summed E-state index contributed by atoms with van der Waals surface area (Å²) >= 11 is 0. The van der Waals surface area contributed by atoms with E-state index in [9.17, 15) is 18.0 Å². The van der Waals surface area contributed by atoms with Crippen LogP contribution in [0.25, 0.3) is 11.3 Å². The van der Waals surface area contributed by atoms with Gasteiger partial charge in [-0.1, -0.05) is 12.1 Å². The second kappa shape index (κ2) is 8.71. The van der Waals surface area contributed by atoms with Crippen LogP contribution in [0, 0.1) is 0 Å². The maximum Gasteiger partial charge on any atom is 0.422 e. The molecule has 0 saturated heterocycles. The second-order valence-electron chi connectivity index (χ2n) is 6.98. The number of benzene rings is 2. The van der Waals surface area contributed by atoms with Gasteiger partial charge in [0.15, 0.2) is 18.1 Å². The molecule has 0 atom stereocenters. The molecule has 1 aliphatic heterocycles. The van der Waals surface area contributed by atoms with Crippen LogP contribution >= 0.6 is 0 Å². The Hall–Kier alpha value is -3.49. The van der Waals surface area contributed by atoms with Crippen molar-refractivity contribution in [2.45, 2.75) is 19.1 Å². The van der Waals surface area contributed by atoms with E-state index in [1.54, 1.807) is 24.3 Å². The Morgan fingerprint density at radius 3 is 2.61 bits per heavy atom. The van der Waals surface area contributed by atoms with Gasteiger partial charge in [-0.2, -0.15) is 18.3 Å². The number of hydrogen-bond acceptors (Lipinski definition) is 5. The summed E-state index contributed by atoms with van der Waals surface area (Å²) in [5, 5.41) is 4.41. The summed E-state index contributed by atoms with van der Waals surface area (Å²) < 4.78 is 54.5. The number of rotatable bonds is 5. The highest BCUT2D eigenvalue weighted by Gasteiger charge is 2.28. The van der Waals surface area contributed by atoms with Gasteiger partial charge >= 0.3 is 6.18 Å². The third-order valence-electron chi connectivity index (χ3n) is 4.54. The normalized spacial score (nSPS) is 13.5. The second-order valence-corrected chi connectivity index (χ2v) is 6.98. The number of ether oxygens (including phenoxy) is 3. The third kappa shape index (κ3) is 5.36. The highest BCUT2D eigenvalue weighted by Crippen LogP contribution is 2.33. The zero-order chi connectivity index (χ0) is 21.8. The van der Waals surface area contributed by atoms with Gasteiger partial charge in [-0.05, 0) is 42.0 Å². The Kier molecular flexibility index (Phi) is 5.83. The lowest BCUT2D eigenvalue weighted by atomic mass is 10.1. The van der Waals surface area contributed by atoms with Gasteiger partial charge in [-0.15, -0.1) is 0 Å². The number of aromatic nitrogens is 2. The van der Waals surface area contributed by atoms with Crippen molar-refractivity contribution < 1.29 is 27.4 Å². The zero-order valence-electron chi connectivity index (χ0n) is 16.4. The summed E-state index contributed by atoms with van der Waals surface area (Å²) in [5.41, 5.74) is 1.56. The van der Waals surface area contributed by atoms with E-state index in [1.807, 2.05) is 12.1 Å². The molecule has 4 rings (SSSR count). The molecule has 9 heteroatoms. The van der Waals surface area contributed by atoms with Crippen molar-refractivity contribution in [2.24, 2.45) is 0 Å². The molecule has 3 aromatic rings.